The molecule has 5 nitrogen and oxygen atoms in total. The highest BCUT2D eigenvalue weighted by molar-refractivity contribution is 5.52. The second-order valence-electron chi connectivity index (χ2n) is 5.01. The lowest BCUT2D eigenvalue weighted by Crippen LogP contribution is -2.30. The van der Waals surface area contributed by atoms with Gasteiger partial charge >= 0.3 is 0 Å². The highest BCUT2D eigenvalue weighted by atomic mass is 16.3. The Labute approximate surface area is 111 Å². The van der Waals surface area contributed by atoms with Crippen molar-refractivity contribution in [2.75, 3.05) is 13.1 Å². The summed E-state index contributed by atoms with van der Waals surface area (Å²) in [4.78, 5) is 18.7. The van der Waals surface area contributed by atoms with Gasteiger partial charge in [-0.05, 0) is 38.1 Å². The smallest absolute Gasteiger partial charge is 0.258 e. The maximum Gasteiger partial charge on any atom is 0.258 e. The molecule has 19 heavy (non-hydrogen) atoms. The molecule has 3 heterocycles. The molecule has 1 saturated heterocycles. The molecule has 0 spiro atoms. The van der Waals surface area contributed by atoms with Crippen molar-refractivity contribution in [3.8, 4) is 5.75 Å². The zero-order valence-electron chi connectivity index (χ0n) is 10.7. The summed E-state index contributed by atoms with van der Waals surface area (Å²) in [5.74, 6) is 0.0418. The number of likely N-dealkylation sites (tertiary alicyclic amines) is 1. The van der Waals surface area contributed by atoms with Crippen molar-refractivity contribution in [1.29, 1.82) is 0 Å². The van der Waals surface area contributed by atoms with Crippen molar-refractivity contribution in [2.45, 2.75) is 25.8 Å². The van der Waals surface area contributed by atoms with Crippen LogP contribution in [0.3, 0.4) is 0 Å². The zero-order chi connectivity index (χ0) is 13.2. The van der Waals surface area contributed by atoms with E-state index in [0.29, 0.717) is 12.2 Å². The maximum atomic E-state index is 12.0. The molecule has 1 aliphatic rings. The summed E-state index contributed by atoms with van der Waals surface area (Å²) in [7, 11) is 0. The molecule has 2 aromatic rings. The van der Waals surface area contributed by atoms with E-state index in [4.69, 9.17) is 0 Å². The first-order chi connectivity index (χ1) is 9.24. The van der Waals surface area contributed by atoms with Crippen LogP contribution in [0.15, 0.2) is 29.2 Å². The minimum absolute atomic E-state index is 0.0418. The number of pyridine rings is 1. The first-order valence-corrected chi connectivity index (χ1v) is 6.67. The normalized spacial score (nSPS) is 16.8. The minimum atomic E-state index is -0.145. The summed E-state index contributed by atoms with van der Waals surface area (Å²) in [6.45, 7) is 2.80. The van der Waals surface area contributed by atoms with Crippen LogP contribution >= 0.6 is 0 Å². The van der Waals surface area contributed by atoms with Gasteiger partial charge in [0.25, 0.3) is 5.56 Å². The van der Waals surface area contributed by atoms with Gasteiger partial charge in [-0.15, -0.1) is 0 Å². The monoisotopic (exact) mass is 259 g/mol. The molecule has 1 fully saturated rings. The predicted molar refractivity (Wildman–Crippen MR) is 72.3 cm³/mol. The molecule has 1 aliphatic heterocycles. The van der Waals surface area contributed by atoms with Crippen LogP contribution in [0.1, 0.15) is 25.0 Å². The zero-order valence-corrected chi connectivity index (χ0v) is 10.7. The van der Waals surface area contributed by atoms with Crippen LogP contribution in [0.25, 0.3) is 5.65 Å². The molecule has 0 bridgehead atoms. The highest BCUT2D eigenvalue weighted by Crippen LogP contribution is 2.15. The van der Waals surface area contributed by atoms with Crippen molar-refractivity contribution in [1.82, 2.24) is 14.3 Å². The molecule has 2 aromatic heterocycles. The third-order valence-corrected chi connectivity index (χ3v) is 3.56. The Kier molecular flexibility index (Phi) is 3.21. The van der Waals surface area contributed by atoms with E-state index in [1.165, 1.54) is 23.7 Å². The topological polar surface area (TPSA) is 57.8 Å². The molecule has 0 saturated carbocycles. The van der Waals surface area contributed by atoms with Gasteiger partial charge in [-0.1, -0.05) is 6.42 Å². The largest absolute Gasteiger partial charge is 0.504 e. The van der Waals surface area contributed by atoms with Gasteiger partial charge in [0, 0.05) is 18.8 Å². The Morgan fingerprint density at radius 1 is 1.26 bits per heavy atom. The van der Waals surface area contributed by atoms with Gasteiger partial charge in [0.2, 0.25) is 0 Å². The van der Waals surface area contributed by atoms with Crippen LogP contribution in [0.5, 0.6) is 5.75 Å². The molecule has 0 radical (unpaired) electrons. The van der Waals surface area contributed by atoms with Crippen LogP contribution in [0.2, 0.25) is 0 Å². The number of hydrogen-bond donors (Lipinski definition) is 1. The first-order valence-electron chi connectivity index (χ1n) is 6.67. The van der Waals surface area contributed by atoms with Crippen molar-refractivity contribution < 1.29 is 5.11 Å². The van der Waals surface area contributed by atoms with Crippen LogP contribution in [0.4, 0.5) is 0 Å². The second-order valence-corrected chi connectivity index (χ2v) is 5.01. The highest BCUT2D eigenvalue weighted by Gasteiger charge is 2.13. The molecule has 3 rings (SSSR count). The standard InChI is InChI=1S/C14H17N3O2/c18-12-5-4-8-17-13(19)9-11(15-14(12)17)10-16-6-2-1-3-7-16/h4-5,8-9,18H,1-3,6-7,10H2. The Morgan fingerprint density at radius 3 is 2.84 bits per heavy atom. The van der Waals surface area contributed by atoms with E-state index in [-0.39, 0.29) is 11.3 Å². The van der Waals surface area contributed by atoms with Crippen molar-refractivity contribution in [2.24, 2.45) is 0 Å². The molecule has 0 atom stereocenters. The molecule has 0 aliphatic carbocycles. The van der Waals surface area contributed by atoms with Gasteiger partial charge in [0.05, 0.1) is 5.69 Å². The number of rotatable bonds is 2. The van der Waals surface area contributed by atoms with Crippen LogP contribution in [0, 0.1) is 0 Å². The fourth-order valence-corrected chi connectivity index (χ4v) is 2.59. The van der Waals surface area contributed by atoms with Gasteiger partial charge in [-0.25, -0.2) is 4.98 Å². The van der Waals surface area contributed by atoms with Crippen molar-refractivity contribution in [3.63, 3.8) is 0 Å². The summed E-state index contributed by atoms with van der Waals surface area (Å²) in [5.41, 5.74) is 0.920. The van der Waals surface area contributed by atoms with E-state index >= 15 is 0 Å². The van der Waals surface area contributed by atoms with Gasteiger partial charge in [-0.3, -0.25) is 14.1 Å². The quantitative estimate of drug-likeness (QED) is 0.885. The number of nitrogens with zero attached hydrogens (tertiary/aromatic N) is 3. The van der Waals surface area contributed by atoms with Crippen LogP contribution in [-0.2, 0) is 6.54 Å². The van der Waals surface area contributed by atoms with Gasteiger partial charge in [-0.2, -0.15) is 0 Å². The van der Waals surface area contributed by atoms with E-state index in [1.807, 2.05) is 0 Å². The molecular weight excluding hydrogens is 242 g/mol. The predicted octanol–water partition coefficient (Wildman–Crippen LogP) is 1.39. The second kappa shape index (κ2) is 5.01. The van der Waals surface area contributed by atoms with E-state index in [1.54, 1.807) is 24.4 Å². The van der Waals surface area contributed by atoms with E-state index in [2.05, 4.69) is 9.88 Å². The third-order valence-electron chi connectivity index (χ3n) is 3.56. The molecule has 0 amide bonds. The van der Waals surface area contributed by atoms with E-state index in [0.717, 1.165) is 18.8 Å². The number of aromatic nitrogens is 2. The van der Waals surface area contributed by atoms with Crippen LogP contribution in [-0.4, -0.2) is 32.5 Å². The number of fused-ring (bicyclic) bond motifs is 1. The van der Waals surface area contributed by atoms with Crippen molar-refractivity contribution in [3.05, 3.63) is 40.4 Å². The number of hydrogen-bond acceptors (Lipinski definition) is 4. The lowest BCUT2D eigenvalue weighted by atomic mass is 10.1. The van der Waals surface area contributed by atoms with E-state index in [9.17, 15) is 9.90 Å². The fraction of sp³-hybridized carbons (Fsp3) is 0.429. The Morgan fingerprint density at radius 2 is 2.05 bits per heavy atom. The number of aromatic hydroxyl groups is 1. The molecule has 100 valence electrons. The summed E-state index contributed by atoms with van der Waals surface area (Å²) >= 11 is 0. The molecular formula is C14H17N3O2. The summed E-state index contributed by atoms with van der Waals surface area (Å²) in [6.07, 6.45) is 5.32. The maximum absolute atomic E-state index is 12.0. The molecule has 1 N–H and O–H groups in total. The van der Waals surface area contributed by atoms with Crippen molar-refractivity contribution >= 4 is 5.65 Å². The molecule has 5 heteroatoms. The van der Waals surface area contributed by atoms with E-state index < -0.39 is 0 Å². The van der Waals surface area contributed by atoms with Gasteiger partial charge in [0.1, 0.15) is 0 Å². The molecule has 0 unspecified atom stereocenters. The third kappa shape index (κ3) is 2.46. The van der Waals surface area contributed by atoms with Crippen LogP contribution < -0.4 is 5.56 Å². The Hall–Kier alpha value is -1.88. The van der Waals surface area contributed by atoms with Gasteiger partial charge < -0.3 is 5.11 Å². The SMILES string of the molecule is O=c1cc(CN2CCCCC2)nc2c(O)cccn12. The summed E-state index contributed by atoms with van der Waals surface area (Å²) in [5, 5.41) is 9.79. The Bertz CT molecular complexity index is 645. The average molecular weight is 259 g/mol. The lowest BCUT2D eigenvalue weighted by Gasteiger charge is -2.25. The Balaban J connectivity index is 1.96. The molecule has 0 aromatic carbocycles. The summed E-state index contributed by atoms with van der Waals surface area (Å²) < 4.78 is 1.37. The average Bonchev–Trinajstić information content (AvgIpc) is 2.41. The first kappa shape index (κ1) is 12.2. The lowest BCUT2D eigenvalue weighted by molar-refractivity contribution is 0.218. The van der Waals surface area contributed by atoms with Gasteiger partial charge in [0.15, 0.2) is 11.4 Å². The summed E-state index contributed by atoms with van der Waals surface area (Å²) in [6, 6.07) is 4.74. The number of piperidine rings is 1. The fourth-order valence-electron chi connectivity index (χ4n) is 2.59. The minimum Gasteiger partial charge on any atom is -0.504 e.